The van der Waals surface area contributed by atoms with E-state index in [1.54, 1.807) is 4.90 Å². The van der Waals surface area contributed by atoms with Gasteiger partial charge in [0.15, 0.2) is 0 Å². The molecule has 7 heteroatoms. The lowest BCUT2D eigenvalue weighted by molar-refractivity contribution is -0.179. The summed E-state index contributed by atoms with van der Waals surface area (Å²) >= 11 is 0. The van der Waals surface area contributed by atoms with Gasteiger partial charge in [-0.25, -0.2) is 4.79 Å². The van der Waals surface area contributed by atoms with Gasteiger partial charge in [0.25, 0.3) is 0 Å². The van der Waals surface area contributed by atoms with E-state index in [4.69, 9.17) is 5.11 Å². The summed E-state index contributed by atoms with van der Waals surface area (Å²) < 4.78 is 37.7. The fraction of sp³-hybridized carbons (Fsp3) is 0.500. The number of rotatable bonds is 2. The molecule has 1 fully saturated rings. The van der Waals surface area contributed by atoms with Crippen molar-refractivity contribution in [1.29, 1.82) is 0 Å². The van der Waals surface area contributed by atoms with Gasteiger partial charge in [-0.1, -0.05) is 0 Å². The number of nitrogens with zero attached hydrogens (tertiary/aromatic N) is 2. The van der Waals surface area contributed by atoms with Gasteiger partial charge in [-0.3, -0.25) is 4.98 Å². The van der Waals surface area contributed by atoms with Gasteiger partial charge < -0.3 is 10.0 Å². The third kappa shape index (κ3) is 2.97. The minimum atomic E-state index is -4.17. The molecule has 0 radical (unpaired) electrons. The van der Waals surface area contributed by atoms with Gasteiger partial charge in [-0.2, -0.15) is 13.2 Å². The normalized spacial score (nSPS) is 17.5. The zero-order chi connectivity index (χ0) is 14.0. The Morgan fingerprint density at radius 1 is 1.37 bits per heavy atom. The van der Waals surface area contributed by atoms with Crippen molar-refractivity contribution < 1.29 is 23.1 Å². The number of carbonyl (C=O) groups is 1. The number of aromatic carboxylic acids is 1. The number of carboxylic acids is 1. The summed E-state index contributed by atoms with van der Waals surface area (Å²) in [6.07, 6.45) is -1.46. The highest BCUT2D eigenvalue weighted by molar-refractivity contribution is 5.94. The Labute approximate surface area is 107 Å². The number of piperidine rings is 1. The van der Waals surface area contributed by atoms with Crippen LogP contribution in [0.15, 0.2) is 18.5 Å². The number of alkyl halides is 3. The predicted octanol–water partition coefficient (Wildman–Crippen LogP) is 2.56. The number of carboxylic acid groups (broad SMARTS) is 1. The Kier molecular flexibility index (Phi) is 3.64. The van der Waals surface area contributed by atoms with Crippen molar-refractivity contribution in [3.63, 3.8) is 0 Å². The smallest absolute Gasteiger partial charge is 0.391 e. The molecule has 2 heterocycles. The molecule has 0 aliphatic carbocycles. The van der Waals surface area contributed by atoms with Gasteiger partial charge in [0.1, 0.15) is 0 Å². The van der Waals surface area contributed by atoms with Crippen LogP contribution in [0.2, 0.25) is 0 Å². The number of hydrogen-bond acceptors (Lipinski definition) is 3. The molecule has 0 amide bonds. The highest BCUT2D eigenvalue weighted by atomic mass is 19.4. The van der Waals surface area contributed by atoms with Gasteiger partial charge in [-0.05, 0) is 18.9 Å². The van der Waals surface area contributed by atoms with Gasteiger partial charge in [0, 0.05) is 19.3 Å². The maximum Gasteiger partial charge on any atom is 0.391 e. The van der Waals surface area contributed by atoms with Crippen molar-refractivity contribution in [2.24, 2.45) is 5.92 Å². The maximum atomic E-state index is 12.6. The zero-order valence-corrected chi connectivity index (χ0v) is 10.0. The van der Waals surface area contributed by atoms with Gasteiger partial charge >= 0.3 is 12.1 Å². The molecule has 1 aromatic heterocycles. The molecule has 104 valence electrons. The van der Waals surface area contributed by atoms with Crippen molar-refractivity contribution in [3.8, 4) is 0 Å². The third-order valence-corrected chi connectivity index (χ3v) is 3.33. The lowest BCUT2D eigenvalue weighted by atomic mass is 9.95. The average Bonchev–Trinajstić information content (AvgIpc) is 2.38. The Balaban J connectivity index is 2.12. The molecule has 0 bridgehead atoms. The van der Waals surface area contributed by atoms with Crippen LogP contribution in [-0.2, 0) is 0 Å². The second-order valence-corrected chi connectivity index (χ2v) is 4.50. The molecule has 4 nitrogen and oxygen atoms in total. The Bertz CT molecular complexity index is 468. The molecular formula is C12H13F3N2O2. The van der Waals surface area contributed by atoms with E-state index in [9.17, 15) is 18.0 Å². The van der Waals surface area contributed by atoms with Crippen LogP contribution in [0.1, 0.15) is 23.2 Å². The quantitative estimate of drug-likeness (QED) is 0.900. The first-order chi connectivity index (χ1) is 8.89. The van der Waals surface area contributed by atoms with E-state index in [1.807, 2.05) is 0 Å². The van der Waals surface area contributed by atoms with Crippen LogP contribution in [0.3, 0.4) is 0 Å². The van der Waals surface area contributed by atoms with E-state index in [1.165, 1.54) is 18.5 Å². The molecule has 1 aliphatic heterocycles. The summed E-state index contributed by atoms with van der Waals surface area (Å²) in [5.74, 6) is -2.40. The van der Waals surface area contributed by atoms with Crippen LogP contribution < -0.4 is 4.90 Å². The minimum Gasteiger partial charge on any atom is -0.478 e. The summed E-state index contributed by atoms with van der Waals surface area (Å²) in [7, 11) is 0. The Hall–Kier alpha value is -1.79. The maximum absolute atomic E-state index is 12.6. The van der Waals surface area contributed by atoms with Crippen LogP contribution in [-0.4, -0.2) is 35.3 Å². The first kappa shape index (κ1) is 13.6. The standard InChI is InChI=1S/C12H13F3N2O2/c13-12(14,15)8-2-5-17(6-3-8)10-7-16-4-1-9(10)11(18)19/h1,4,7-8H,2-3,5-6H2,(H,18,19). The van der Waals surface area contributed by atoms with E-state index in [2.05, 4.69) is 4.98 Å². The summed E-state index contributed by atoms with van der Waals surface area (Å²) in [6.45, 7) is 0.381. The van der Waals surface area contributed by atoms with Gasteiger partial charge in [0.2, 0.25) is 0 Å². The first-order valence-corrected chi connectivity index (χ1v) is 5.88. The molecule has 2 rings (SSSR count). The van der Waals surface area contributed by atoms with Crippen LogP contribution in [0.4, 0.5) is 18.9 Å². The Morgan fingerprint density at radius 2 is 2.00 bits per heavy atom. The van der Waals surface area contributed by atoms with E-state index in [0.29, 0.717) is 5.69 Å². The molecule has 1 N–H and O–H groups in total. The monoisotopic (exact) mass is 274 g/mol. The van der Waals surface area contributed by atoms with Crippen LogP contribution in [0.25, 0.3) is 0 Å². The number of halogens is 3. The number of anilines is 1. The summed E-state index contributed by atoms with van der Waals surface area (Å²) in [6, 6.07) is 1.35. The average molecular weight is 274 g/mol. The van der Waals surface area contributed by atoms with Crippen molar-refractivity contribution in [1.82, 2.24) is 4.98 Å². The summed E-state index contributed by atoms with van der Waals surface area (Å²) in [5.41, 5.74) is 0.455. The fourth-order valence-electron chi connectivity index (χ4n) is 2.27. The molecular weight excluding hydrogens is 261 g/mol. The van der Waals surface area contributed by atoms with Gasteiger partial charge in [0.05, 0.1) is 23.4 Å². The van der Waals surface area contributed by atoms with Crippen LogP contribution in [0.5, 0.6) is 0 Å². The van der Waals surface area contributed by atoms with E-state index >= 15 is 0 Å². The first-order valence-electron chi connectivity index (χ1n) is 5.88. The zero-order valence-electron chi connectivity index (χ0n) is 10.0. The molecule has 19 heavy (non-hydrogen) atoms. The SMILES string of the molecule is O=C(O)c1ccncc1N1CCC(C(F)(F)F)CC1. The molecule has 0 saturated carbocycles. The molecule has 0 atom stereocenters. The third-order valence-electron chi connectivity index (χ3n) is 3.33. The van der Waals surface area contributed by atoms with Crippen molar-refractivity contribution >= 4 is 11.7 Å². The fourth-order valence-corrected chi connectivity index (χ4v) is 2.27. The van der Waals surface area contributed by atoms with Crippen molar-refractivity contribution in [2.45, 2.75) is 19.0 Å². The van der Waals surface area contributed by atoms with Crippen LogP contribution >= 0.6 is 0 Å². The second-order valence-electron chi connectivity index (χ2n) is 4.50. The summed E-state index contributed by atoms with van der Waals surface area (Å²) in [5, 5.41) is 9.04. The predicted molar refractivity (Wildman–Crippen MR) is 62.2 cm³/mol. The highest BCUT2D eigenvalue weighted by Gasteiger charge is 2.41. The lowest BCUT2D eigenvalue weighted by Gasteiger charge is -2.34. The second kappa shape index (κ2) is 5.07. The highest BCUT2D eigenvalue weighted by Crippen LogP contribution is 2.35. The Morgan fingerprint density at radius 3 is 2.53 bits per heavy atom. The molecule has 0 aromatic carbocycles. The van der Waals surface area contributed by atoms with E-state index in [-0.39, 0.29) is 31.5 Å². The molecule has 0 spiro atoms. The largest absolute Gasteiger partial charge is 0.478 e. The van der Waals surface area contributed by atoms with Crippen molar-refractivity contribution in [2.75, 3.05) is 18.0 Å². The summed E-state index contributed by atoms with van der Waals surface area (Å²) in [4.78, 5) is 16.5. The van der Waals surface area contributed by atoms with Crippen LogP contribution in [0, 0.1) is 5.92 Å². The molecule has 1 saturated heterocycles. The molecule has 1 aliphatic rings. The minimum absolute atomic E-state index is 0.0164. The molecule has 1 aromatic rings. The lowest BCUT2D eigenvalue weighted by Crippen LogP contribution is -2.39. The number of pyridine rings is 1. The number of hydrogen-bond donors (Lipinski definition) is 1. The van der Waals surface area contributed by atoms with Crippen molar-refractivity contribution in [3.05, 3.63) is 24.0 Å². The number of aromatic nitrogens is 1. The molecule has 0 unspecified atom stereocenters. The topological polar surface area (TPSA) is 53.4 Å². The van der Waals surface area contributed by atoms with Gasteiger partial charge in [-0.15, -0.1) is 0 Å². The van der Waals surface area contributed by atoms with E-state index in [0.717, 1.165) is 0 Å². The van der Waals surface area contributed by atoms with E-state index < -0.39 is 18.1 Å².